The predicted octanol–water partition coefficient (Wildman–Crippen LogP) is 3.43. The molecule has 23 heavy (non-hydrogen) atoms. The van der Waals surface area contributed by atoms with E-state index in [1.807, 2.05) is 6.07 Å². The van der Waals surface area contributed by atoms with Crippen molar-refractivity contribution in [1.82, 2.24) is 0 Å². The van der Waals surface area contributed by atoms with Crippen LogP contribution in [0.25, 0.3) is 0 Å². The molecule has 0 unspecified atom stereocenters. The summed E-state index contributed by atoms with van der Waals surface area (Å²) in [5, 5.41) is 7.61. The maximum Gasteiger partial charge on any atom is 0.211 e. The fourth-order valence-electron chi connectivity index (χ4n) is 1.70. The van der Waals surface area contributed by atoms with E-state index in [0.29, 0.717) is 21.9 Å². The first kappa shape index (κ1) is 17.2. The van der Waals surface area contributed by atoms with Crippen molar-refractivity contribution in [2.75, 3.05) is 0 Å². The van der Waals surface area contributed by atoms with Crippen molar-refractivity contribution in [2.45, 2.75) is 6.61 Å². The molecule has 0 amide bonds. The van der Waals surface area contributed by atoms with Crippen LogP contribution in [0.5, 0.6) is 5.75 Å². The van der Waals surface area contributed by atoms with Gasteiger partial charge in [-0.05, 0) is 30.3 Å². The lowest BCUT2D eigenvalue weighted by Gasteiger charge is -2.10. The van der Waals surface area contributed by atoms with E-state index in [-0.39, 0.29) is 12.6 Å². The fraction of sp³-hybridized carbons (Fsp3) is 0.0667. The van der Waals surface area contributed by atoms with Crippen LogP contribution in [-0.4, -0.2) is 12.2 Å². The molecule has 4 N–H and O–H groups in total. The van der Waals surface area contributed by atoms with Crippen LogP contribution in [0, 0.1) is 5.82 Å². The number of guanidine groups is 1. The van der Waals surface area contributed by atoms with Gasteiger partial charge >= 0.3 is 0 Å². The molecule has 0 aliphatic heterocycles. The summed E-state index contributed by atoms with van der Waals surface area (Å²) in [5.41, 5.74) is 11.8. The highest BCUT2D eigenvalue weighted by molar-refractivity contribution is 9.10. The highest BCUT2D eigenvalue weighted by Gasteiger charge is 2.06. The van der Waals surface area contributed by atoms with Crippen LogP contribution in [0.1, 0.15) is 11.1 Å². The molecule has 0 radical (unpaired) electrons. The minimum Gasteiger partial charge on any atom is -0.488 e. The van der Waals surface area contributed by atoms with Gasteiger partial charge in [0.2, 0.25) is 5.96 Å². The maximum atomic E-state index is 13.0. The smallest absolute Gasteiger partial charge is 0.211 e. The lowest BCUT2D eigenvalue weighted by Crippen LogP contribution is -2.21. The van der Waals surface area contributed by atoms with Gasteiger partial charge in [-0.3, -0.25) is 0 Å². The Kier molecular flexibility index (Phi) is 5.95. The summed E-state index contributed by atoms with van der Waals surface area (Å²) in [5.74, 6) is 0.0207. The van der Waals surface area contributed by atoms with Gasteiger partial charge in [0.05, 0.1) is 11.2 Å². The molecule has 0 heterocycles. The number of rotatable bonds is 5. The van der Waals surface area contributed by atoms with Crippen molar-refractivity contribution < 1.29 is 9.13 Å². The molecule has 0 aliphatic rings. The summed E-state index contributed by atoms with van der Waals surface area (Å²) < 4.78 is 19.6. The van der Waals surface area contributed by atoms with Crippen molar-refractivity contribution in [3.05, 3.63) is 62.8 Å². The maximum absolute atomic E-state index is 13.0. The summed E-state index contributed by atoms with van der Waals surface area (Å²) >= 11 is 9.35. The SMILES string of the molecule is NC(N)=NN=Cc1cc(Br)ccc1OCc1ccc(F)cc1Cl. The second-order valence-electron chi connectivity index (χ2n) is 4.48. The Morgan fingerprint density at radius 2 is 2.04 bits per heavy atom. The number of ether oxygens (including phenoxy) is 1. The zero-order valence-electron chi connectivity index (χ0n) is 11.8. The molecule has 0 aliphatic carbocycles. The third-order valence-corrected chi connectivity index (χ3v) is 3.59. The highest BCUT2D eigenvalue weighted by atomic mass is 79.9. The Bertz CT molecular complexity index is 763. The van der Waals surface area contributed by atoms with Gasteiger partial charge in [-0.25, -0.2) is 4.39 Å². The fourth-order valence-corrected chi connectivity index (χ4v) is 2.30. The quantitative estimate of drug-likeness (QED) is 0.459. The van der Waals surface area contributed by atoms with Crippen LogP contribution < -0.4 is 16.2 Å². The zero-order chi connectivity index (χ0) is 16.8. The molecular formula is C15H13BrClFN4O. The van der Waals surface area contributed by atoms with E-state index in [9.17, 15) is 4.39 Å². The average Bonchev–Trinajstić information content (AvgIpc) is 2.47. The molecule has 0 saturated carbocycles. The molecule has 5 nitrogen and oxygen atoms in total. The largest absolute Gasteiger partial charge is 0.488 e. The van der Waals surface area contributed by atoms with Crippen LogP contribution in [-0.2, 0) is 6.61 Å². The molecule has 0 spiro atoms. The number of benzene rings is 2. The molecule has 0 bridgehead atoms. The number of halogens is 3. The second-order valence-corrected chi connectivity index (χ2v) is 5.80. The van der Waals surface area contributed by atoms with E-state index in [0.717, 1.165) is 4.47 Å². The summed E-state index contributed by atoms with van der Waals surface area (Å²) in [6.07, 6.45) is 1.46. The molecule has 2 rings (SSSR count). The van der Waals surface area contributed by atoms with Gasteiger partial charge in [0.25, 0.3) is 0 Å². The lowest BCUT2D eigenvalue weighted by molar-refractivity contribution is 0.305. The monoisotopic (exact) mass is 398 g/mol. The Labute approximate surface area is 145 Å². The summed E-state index contributed by atoms with van der Waals surface area (Å²) in [7, 11) is 0. The van der Waals surface area contributed by atoms with Gasteiger partial charge in [0, 0.05) is 15.6 Å². The lowest BCUT2D eigenvalue weighted by atomic mass is 10.2. The van der Waals surface area contributed by atoms with Gasteiger partial charge in [0.15, 0.2) is 0 Å². The standard InChI is InChI=1S/C15H13BrClFN4O/c16-11-2-4-14(10(5-11)7-21-22-15(19)20)23-8-9-1-3-12(18)6-13(9)17/h1-7H,8H2,(H4,19,20,22). The average molecular weight is 400 g/mol. The van der Waals surface area contributed by atoms with Crippen LogP contribution in [0.2, 0.25) is 5.02 Å². The van der Waals surface area contributed by atoms with Crippen molar-refractivity contribution in [1.29, 1.82) is 0 Å². The summed E-state index contributed by atoms with van der Waals surface area (Å²) in [6, 6.07) is 9.52. The molecule has 2 aromatic rings. The molecule has 8 heteroatoms. The third kappa shape index (κ3) is 5.22. The minimum atomic E-state index is -0.396. The van der Waals surface area contributed by atoms with E-state index in [4.69, 9.17) is 27.8 Å². The Balaban J connectivity index is 2.19. The molecule has 120 valence electrons. The molecule has 0 atom stereocenters. The molecule has 0 fully saturated rings. The first-order valence-electron chi connectivity index (χ1n) is 6.44. The van der Waals surface area contributed by atoms with E-state index < -0.39 is 5.82 Å². The molecule has 0 saturated heterocycles. The van der Waals surface area contributed by atoms with Crippen molar-refractivity contribution in [2.24, 2.45) is 21.7 Å². The van der Waals surface area contributed by atoms with Gasteiger partial charge in [-0.2, -0.15) is 5.10 Å². The Morgan fingerprint density at radius 3 is 2.74 bits per heavy atom. The van der Waals surface area contributed by atoms with Crippen molar-refractivity contribution >= 4 is 39.7 Å². The Hall–Kier alpha value is -2.12. The van der Waals surface area contributed by atoms with Gasteiger partial charge in [-0.1, -0.05) is 33.6 Å². The number of hydrogen-bond acceptors (Lipinski definition) is 3. The summed E-state index contributed by atoms with van der Waals surface area (Å²) in [4.78, 5) is 0. The van der Waals surface area contributed by atoms with E-state index in [1.165, 1.54) is 18.3 Å². The van der Waals surface area contributed by atoms with Crippen molar-refractivity contribution in [3.63, 3.8) is 0 Å². The number of nitrogens with two attached hydrogens (primary N) is 2. The second kappa shape index (κ2) is 7.94. The number of nitrogens with zero attached hydrogens (tertiary/aromatic N) is 2. The first-order valence-corrected chi connectivity index (χ1v) is 7.61. The minimum absolute atomic E-state index is 0.142. The molecular weight excluding hydrogens is 387 g/mol. The van der Waals surface area contributed by atoms with Crippen LogP contribution in [0.3, 0.4) is 0 Å². The van der Waals surface area contributed by atoms with E-state index in [1.54, 1.807) is 18.2 Å². The first-order chi connectivity index (χ1) is 11.0. The van der Waals surface area contributed by atoms with Gasteiger partial charge < -0.3 is 16.2 Å². The van der Waals surface area contributed by atoms with E-state index in [2.05, 4.69) is 26.1 Å². The predicted molar refractivity (Wildman–Crippen MR) is 93.3 cm³/mol. The normalized spacial score (nSPS) is 10.7. The van der Waals surface area contributed by atoms with Crippen molar-refractivity contribution in [3.8, 4) is 5.75 Å². The topological polar surface area (TPSA) is 86.0 Å². The van der Waals surface area contributed by atoms with Gasteiger partial charge in [0.1, 0.15) is 18.2 Å². The third-order valence-electron chi connectivity index (χ3n) is 2.74. The molecule has 0 aromatic heterocycles. The zero-order valence-corrected chi connectivity index (χ0v) is 14.2. The van der Waals surface area contributed by atoms with Crippen LogP contribution >= 0.6 is 27.5 Å². The number of hydrogen-bond donors (Lipinski definition) is 2. The summed E-state index contributed by atoms with van der Waals surface area (Å²) in [6.45, 7) is 0.184. The Morgan fingerprint density at radius 1 is 1.26 bits per heavy atom. The van der Waals surface area contributed by atoms with Crippen LogP contribution in [0.15, 0.2) is 51.1 Å². The van der Waals surface area contributed by atoms with Gasteiger partial charge in [-0.15, -0.1) is 5.10 Å². The highest BCUT2D eigenvalue weighted by Crippen LogP contribution is 2.24. The van der Waals surface area contributed by atoms with E-state index >= 15 is 0 Å². The van der Waals surface area contributed by atoms with Crippen LogP contribution in [0.4, 0.5) is 4.39 Å². The molecule has 2 aromatic carbocycles.